The van der Waals surface area contributed by atoms with Crippen molar-refractivity contribution in [3.63, 3.8) is 0 Å². The number of halogens is 2. The molecule has 8 heteroatoms. The minimum Gasteiger partial charge on any atom is -0.383 e. The third kappa shape index (κ3) is 2.87. The predicted octanol–water partition coefficient (Wildman–Crippen LogP) is 2.33. The van der Waals surface area contributed by atoms with Crippen molar-refractivity contribution in [1.82, 2.24) is 4.98 Å². The van der Waals surface area contributed by atoms with Gasteiger partial charge < -0.3 is 15.7 Å². The summed E-state index contributed by atoms with van der Waals surface area (Å²) in [4.78, 5) is 16.8. The summed E-state index contributed by atoms with van der Waals surface area (Å²) < 4.78 is 14.4. The van der Waals surface area contributed by atoms with Crippen LogP contribution in [-0.2, 0) is 5.60 Å². The van der Waals surface area contributed by atoms with Gasteiger partial charge in [0.15, 0.2) is 0 Å². The molecule has 1 aromatic carbocycles. The number of rotatable bonds is 3. The van der Waals surface area contributed by atoms with Crippen molar-refractivity contribution in [2.45, 2.75) is 25.0 Å². The van der Waals surface area contributed by atoms with Crippen molar-refractivity contribution in [2.75, 3.05) is 11.4 Å². The fraction of sp³-hybridized carbons (Fsp3) is 0.278. The Hall–Kier alpha value is -2.69. The van der Waals surface area contributed by atoms with Crippen LogP contribution in [0.15, 0.2) is 30.5 Å². The number of aliphatic hydroxyl groups is 1. The van der Waals surface area contributed by atoms with Gasteiger partial charge in [0.25, 0.3) is 5.91 Å². The fourth-order valence-electron chi connectivity index (χ4n) is 3.30. The van der Waals surface area contributed by atoms with E-state index >= 15 is 0 Å². The van der Waals surface area contributed by atoms with Gasteiger partial charge in [-0.2, -0.15) is 5.26 Å². The molecule has 26 heavy (non-hydrogen) atoms. The molecule has 0 saturated carbocycles. The van der Waals surface area contributed by atoms with E-state index < -0.39 is 23.4 Å². The summed E-state index contributed by atoms with van der Waals surface area (Å²) in [5.74, 6) is -1.23. The largest absolute Gasteiger partial charge is 0.383 e. The number of hydrogen-bond acceptors (Lipinski definition) is 5. The quantitative estimate of drug-likeness (QED) is 0.858. The van der Waals surface area contributed by atoms with Gasteiger partial charge in [0.2, 0.25) is 0 Å². The summed E-state index contributed by atoms with van der Waals surface area (Å²) in [7, 11) is 0. The minimum atomic E-state index is -1.28. The van der Waals surface area contributed by atoms with E-state index in [1.54, 1.807) is 17.9 Å². The molecular weight excluding hydrogens is 359 g/mol. The third-order valence-electron chi connectivity index (χ3n) is 4.87. The molecule has 1 aliphatic heterocycles. The van der Waals surface area contributed by atoms with Crippen LogP contribution in [0.4, 0.5) is 10.1 Å². The number of carbonyl (C=O) groups excluding carboxylic acids is 1. The molecule has 0 aliphatic carbocycles. The Morgan fingerprint density at radius 3 is 2.85 bits per heavy atom. The molecule has 0 unspecified atom stereocenters. The maximum absolute atomic E-state index is 14.4. The highest BCUT2D eigenvalue weighted by molar-refractivity contribution is 6.32. The normalized spacial score (nSPS) is 22.3. The van der Waals surface area contributed by atoms with Gasteiger partial charge in [0, 0.05) is 18.3 Å². The van der Waals surface area contributed by atoms with Crippen LogP contribution < -0.4 is 10.6 Å². The molecular formula is C18H16ClFN4O2. The smallest absolute Gasteiger partial charge is 0.267 e. The third-order valence-corrected chi connectivity index (χ3v) is 5.19. The average Bonchev–Trinajstić information content (AvgIpc) is 2.93. The van der Waals surface area contributed by atoms with Gasteiger partial charge in [0.1, 0.15) is 23.2 Å². The number of nitrogens with two attached hydrogens (primary N) is 1. The topological polar surface area (TPSA) is 103 Å². The second-order valence-electron chi connectivity index (χ2n) is 6.24. The Balaban J connectivity index is 1.94. The molecule has 2 atom stereocenters. The number of nitriles is 1. The van der Waals surface area contributed by atoms with Crippen LogP contribution >= 0.6 is 11.6 Å². The van der Waals surface area contributed by atoms with Gasteiger partial charge in [-0.25, -0.2) is 4.39 Å². The lowest BCUT2D eigenvalue weighted by atomic mass is 9.88. The van der Waals surface area contributed by atoms with Gasteiger partial charge in [-0.3, -0.25) is 9.78 Å². The number of primary amides is 1. The van der Waals surface area contributed by atoms with Crippen LogP contribution in [0.5, 0.6) is 0 Å². The van der Waals surface area contributed by atoms with Crippen molar-refractivity contribution in [1.29, 1.82) is 5.26 Å². The molecule has 1 saturated heterocycles. The molecule has 1 fully saturated rings. The standard InChI is InChI=1S/C18H16ClFN4O2/c1-10-18(26,12-2-3-15(17(22)25)23-9-12)4-5-24(10)16-7-13(19)11(8-21)6-14(16)20/h2-3,6-7,9-10,26H,4-5H2,1H3,(H2,22,25)/t10-,18-/m0/s1. The van der Waals surface area contributed by atoms with Crippen molar-refractivity contribution in [2.24, 2.45) is 5.73 Å². The number of anilines is 1. The van der Waals surface area contributed by atoms with E-state index in [1.165, 1.54) is 18.3 Å². The van der Waals surface area contributed by atoms with Crippen molar-refractivity contribution in [3.8, 4) is 6.07 Å². The number of pyridine rings is 1. The van der Waals surface area contributed by atoms with Crippen molar-refractivity contribution in [3.05, 3.63) is 58.1 Å². The highest BCUT2D eigenvalue weighted by Gasteiger charge is 2.45. The monoisotopic (exact) mass is 374 g/mol. The molecule has 0 spiro atoms. The van der Waals surface area contributed by atoms with Gasteiger partial charge in [-0.15, -0.1) is 0 Å². The van der Waals surface area contributed by atoms with Gasteiger partial charge >= 0.3 is 0 Å². The molecule has 2 heterocycles. The number of hydrogen-bond donors (Lipinski definition) is 2. The van der Waals surface area contributed by atoms with Gasteiger partial charge in [-0.1, -0.05) is 17.7 Å². The van der Waals surface area contributed by atoms with Crippen LogP contribution in [0, 0.1) is 17.1 Å². The number of benzene rings is 1. The SMILES string of the molecule is C[C@@H]1N(c2cc(Cl)c(C#N)cc2F)CC[C@@]1(O)c1ccc(C(N)=O)nc1. The zero-order chi connectivity index (χ0) is 19.1. The summed E-state index contributed by atoms with van der Waals surface area (Å²) in [6, 6.07) is 6.88. The predicted molar refractivity (Wildman–Crippen MR) is 94.2 cm³/mol. The van der Waals surface area contributed by atoms with Gasteiger partial charge in [-0.05, 0) is 31.5 Å². The molecule has 6 nitrogen and oxygen atoms in total. The lowest BCUT2D eigenvalue weighted by Crippen LogP contribution is -2.41. The number of nitrogens with zero attached hydrogens (tertiary/aromatic N) is 3. The number of aromatic nitrogens is 1. The summed E-state index contributed by atoms with van der Waals surface area (Å²) in [5.41, 5.74) is 4.79. The molecule has 3 N–H and O–H groups in total. The Morgan fingerprint density at radius 2 is 2.27 bits per heavy atom. The molecule has 0 bridgehead atoms. The van der Waals surface area contributed by atoms with E-state index in [2.05, 4.69) is 4.98 Å². The summed E-state index contributed by atoms with van der Waals surface area (Å²) in [6.45, 7) is 2.15. The maximum atomic E-state index is 14.4. The lowest BCUT2D eigenvalue weighted by Gasteiger charge is -2.33. The Bertz CT molecular complexity index is 913. The number of amides is 1. The second-order valence-corrected chi connectivity index (χ2v) is 6.64. The molecule has 1 amide bonds. The Kier molecular flexibility index (Phi) is 4.57. The van der Waals surface area contributed by atoms with Crippen LogP contribution in [0.2, 0.25) is 5.02 Å². The fourth-order valence-corrected chi connectivity index (χ4v) is 3.50. The van der Waals surface area contributed by atoms with E-state index in [1.807, 2.05) is 6.07 Å². The lowest BCUT2D eigenvalue weighted by molar-refractivity contribution is 0.0325. The van der Waals surface area contributed by atoms with E-state index in [0.29, 0.717) is 18.5 Å². The van der Waals surface area contributed by atoms with E-state index in [4.69, 9.17) is 22.6 Å². The van der Waals surface area contributed by atoms with Crippen LogP contribution in [0.3, 0.4) is 0 Å². The van der Waals surface area contributed by atoms with Crippen molar-refractivity contribution >= 4 is 23.2 Å². The molecule has 1 aliphatic rings. The molecule has 0 radical (unpaired) electrons. The first-order valence-electron chi connectivity index (χ1n) is 7.92. The van der Waals surface area contributed by atoms with Crippen molar-refractivity contribution < 1.29 is 14.3 Å². The van der Waals surface area contributed by atoms with Crippen LogP contribution in [-0.4, -0.2) is 28.6 Å². The average molecular weight is 375 g/mol. The first-order valence-corrected chi connectivity index (χ1v) is 8.30. The van der Waals surface area contributed by atoms with E-state index in [9.17, 15) is 14.3 Å². The van der Waals surface area contributed by atoms with Gasteiger partial charge in [0.05, 0.1) is 22.3 Å². The number of carbonyl (C=O) groups is 1. The van der Waals surface area contributed by atoms with Crippen LogP contribution in [0.1, 0.15) is 35.0 Å². The first kappa shape index (κ1) is 18.1. The zero-order valence-corrected chi connectivity index (χ0v) is 14.7. The zero-order valence-electron chi connectivity index (χ0n) is 13.9. The summed E-state index contributed by atoms with van der Waals surface area (Å²) in [6.07, 6.45) is 1.74. The van der Waals surface area contributed by atoms with Crippen LogP contribution in [0.25, 0.3) is 0 Å². The van der Waals surface area contributed by atoms with E-state index in [0.717, 1.165) is 6.07 Å². The first-order chi connectivity index (χ1) is 12.3. The molecule has 3 rings (SSSR count). The highest BCUT2D eigenvalue weighted by atomic mass is 35.5. The minimum absolute atomic E-state index is 0.0567. The molecule has 134 valence electrons. The summed E-state index contributed by atoms with van der Waals surface area (Å²) >= 11 is 6.03. The maximum Gasteiger partial charge on any atom is 0.267 e. The Morgan fingerprint density at radius 1 is 1.54 bits per heavy atom. The Labute approximate surface area is 154 Å². The highest BCUT2D eigenvalue weighted by Crippen LogP contribution is 2.41. The summed E-state index contributed by atoms with van der Waals surface area (Å²) in [5, 5.41) is 20.2. The molecule has 1 aromatic heterocycles. The second kappa shape index (κ2) is 6.56. The molecule has 2 aromatic rings. The van der Waals surface area contributed by atoms with E-state index in [-0.39, 0.29) is 22.0 Å².